The number of halogens is 2. The maximum absolute atomic E-state index is 9.32. The van der Waals surface area contributed by atoms with E-state index >= 15 is 0 Å². The number of rotatable bonds is 1. The topological polar surface area (TPSA) is 33.1 Å². The minimum absolute atomic E-state index is 0. The lowest BCUT2D eigenvalue weighted by atomic mass is 10.1. The normalized spacial score (nSPS) is 10.0. The molecule has 2 nitrogen and oxygen atoms in total. The van der Waals surface area contributed by atoms with Crippen molar-refractivity contribution in [3.05, 3.63) is 35.5 Å². The maximum Gasteiger partial charge on any atom is 0.116 e. The van der Waals surface area contributed by atoms with Gasteiger partial charge in [-0.1, -0.05) is 15.9 Å². The first-order valence-electron chi connectivity index (χ1n) is 4.36. The van der Waals surface area contributed by atoms with Crippen LogP contribution in [0.1, 0.15) is 11.3 Å². The van der Waals surface area contributed by atoms with Crippen molar-refractivity contribution in [3.8, 4) is 5.75 Å². The van der Waals surface area contributed by atoms with Crippen LogP contribution < -0.4 is 0 Å². The first-order valence-corrected chi connectivity index (χ1v) is 5.48. The van der Waals surface area contributed by atoms with Gasteiger partial charge in [0.25, 0.3) is 0 Å². The lowest BCUT2D eigenvalue weighted by Crippen LogP contribution is -1.90. The van der Waals surface area contributed by atoms with Crippen molar-refractivity contribution in [1.82, 2.24) is 4.98 Å². The van der Waals surface area contributed by atoms with E-state index in [9.17, 15) is 5.11 Å². The van der Waals surface area contributed by atoms with E-state index in [0.29, 0.717) is 0 Å². The Morgan fingerprint density at radius 1 is 1.33 bits per heavy atom. The molecule has 0 radical (unpaired) electrons. The second-order valence-corrected chi connectivity index (χ2v) is 3.80. The van der Waals surface area contributed by atoms with E-state index in [1.165, 1.54) is 0 Å². The second kappa shape index (κ2) is 4.94. The summed E-state index contributed by atoms with van der Waals surface area (Å²) in [6, 6.07) is 7.26. The van der Waals surface area contributed by atoms with Crippen LogP contribution in [-0.2, 0) is 5.33 Å². The minimum atomic E-state index is 0. The first kappa shape index (κ1) is 12.5. The van der Waals surface area contributed by atoms with Crippen molar-refractivity contribution in [2.45, 2.75) is 12.3 Å². The van der Waals surface area contributed by atoms with Crippen molar-refractivity contribution in [2.24, 2.45) is 0 Å². The van der Waals surface area contributed by atoms with Gasteiger partial charge in [0.15, 0.2) is 0 Å². The summed E-state index contributed by atoms with van der Waals surface area (Å²) in [5.41, 5.74) is 3.10. The largest absolute Gasteiger partial charge is 0.508 e. The molecule has 0 aliphatic rings. The van der Waals surface area contributed by atoms with E-state index in [1.54, 1.807) is 12.1 Å². The molecule has 0 atom stereocenters. The summed E-state index contributed by atoms with van der Waals surface area (Å²) in [7, 11) is 0. The van der Waals surface area contributed by atoms with Gasteiger partial charge < -0.3 is 5.11 Å². The number of aromatic hydroxyl groups is 1. The van der Waals surface area contributed by atoms with Crippen molar-refractivity contribution < 1.29 is 5.11 Å². The summed E-state index contributed by atoms with van der Waals surface area (Å²) in [5.74, 6) is 0.281. The van der Waals surface area contributed by atoms with Crippen LogP contribution in [0.15, 0.2) is 24.3 Å². The number of benzene rings is 1. The number of hydrogen-bond acceptors (Lipinski definition) is 2. The first-order chi connectivity index (χ1) is 6.70. The second-order valence-electron chi connectivity index (χ2n) is 3.24. The lowest BCUT2D eigenvalue weighted by molar-refractivity contribution is 0.476. The fourth-order valence-electron chi connectivity index (χ4n) is 1.44. The molecule has 0 saturated heterocycles. The van der Waals surface area contributed by atoms with E-state index < -0.39 is 0 Å². The highest BCUT2D eigenvalue weighted by atomic mass is 79.9. The SMILES string of the molecule is Br.Cc1nc2ccc(O)cc2cc1CBr. The van der Waals surface area contributed by atoms with Crippen LogP contribution in [-0.4, -0.2) is 10.1 Å². The molecule has 1 aromatic heterocycles. The molecule has 1 heterocycles. The fraction of sp³-hybridized carbons (Fsp3) is 0.182. The average molecular weight is 333 g/mol. The Bertz CT molecular complexity index is 485. The molecule has 4 heteroatoms. The number of aromatic nitrogens is 1. The van der Waals surface area contributed by atoms with Gasteiger partial charge in [0, 0.05) is 16.4 Å². The van der Waals surface area contributed by atoms with Crippen LogP contribution >= 0.6 is 32.9 Å². The third-order valence-corrected chi connectivity index (χ3v) is 2.84. The van der Waals surface area contributed by atoms with Crippen LogP contribution in [0.2, 0.25) is 0 Å². The fourth-order valence-corrected chi connectivity index (χ4v) is 2.01. The number of phenolic OH excluding ortho intramolecular Hbond substituents is 1. The summed E-state index contributed by atoms with van der Waals surface area (Å²) in [5, 5.41) is 11.1. The molecule has 0 spiro atoms. The van der Waals surface area contributed by atoms with Gasteiger partial charge in [0.05, 0.1) is 5.52 Å². The standard InChI is InChI=1S/C11H10BrNO.BrH/c1-7-9(6-12)4-8-5-10(14)2-3-11(8)13-7;/h2-5,14H,6H2,1H3;1H. The molecule has 0 unspecified atom stereocenters. The van der Waals surface area contributed by atoms with Crippen molar-refractivity contribution in [1.29, 1.82) is 0 Å². The third-order valence-electron chi connectivity index (χ3n) is 2.24. The number of nitrogens with zero attached hydrogens (tertiary/aromatic N) is 1. The van der Waals surface area contributed by atoms with E-state index in [1.807, 2.05) is 19.1 Å². The Labute approximate surface area is 107 Å². The number of alkyl halides is 1. The highest BCUT2D eigenvalue weighted by Crippen LogP contribution is 2.22. The predicted molar refractivity (Wildman–Crippen MR) is 71.1 cm³/mol. The molecule has 1 N–H and O–H groups in total. The zero-order chi connectivity index (χ0) is 10.1. The molecule has 0 aliphatic heterocycles. The summed E-state index contributed by atoms with van der Waals surface area (Å²) < 4.78 is 0. The molecule has 0 bridgehead atoms. The van der Waals surface area contributed by atoms with Crippen LogP contribution in [0.25, 0.3) is 10.9 Å². The number of aryl methyl sites for hydroxylation is 1. The number of phenols is 1. The van der Waals surface area contributed by atoms with Crippen molar-refractivity contribution >= 4 is 43.8 Å². The van der Waals surface area contributed by atoms with Crippen molar-refractivity contribution in [3.63, 3.8) is 0 Å². The van der Waals surface area contributed by atoms with Crippen molar-refractivity contribution in [2.75, 3.05) is 0 Å². The van der Waals surface area contributed by atoms with Gasteiger partial charge in [-0.05, 0) is 36.8 Å². The average Bonchev–Trinajstić information content (AvgIpc) is 2.17. The Hall–Kier alpha value is -0.610. The molecule has 1 aromatic carbocycles. The van der Waals surface area contributed by atoms with Crippen LogP contribution in [0.4, 0.5) is 0 Å². The van der Waals surface area contributed by atoms with Crippen LogP contribution in [0.3, 0.4) is 0 Å². The quantitative estimate of drug-likeness (QED) is 0.807. The Balaban J connectivity index is 0.00000112. The van der Waals surface area contributed by atoms with Crippen LogP contribution in [0, 0.1) is 6.92 Å². The zero-order valence-corrected chi connectivity index (χ0v) is 11.5. The summed E-state index contributed by atoms with van der Waals surface area (Å²) in [6.45, 7) is 1.99. The molecular formula is C11H11Br2NO. The summed E-state index contributed by atoms with van der Waals surface area (Å²) in [6.07, 6.45) is 0. The minimum Gasteiger partial charge on any atom is -0.508 e. The molecule has 2 aromatic rings. The van der Waals surface area contributed by atoms with E-state index in [-0.39, 0.29) is 22.7 Å². The Morgan fingerprint density at radius 2 is 2.07 bits per heavy atom. The molecule has 15 heavy (non-hydrogen) atoms. The molecule has 0 fully saturated rings. The molecule has 80 valence electrons. The number of pyridine rings is 1. The number of fused-ring (bicyclic) bond motifs is 1. The Kier molecular flexibility index (Phi) is 4.11. The van der Waals surface area contributed by atoms with Gasteiger partial charge in [0.2, 0.25) is 0 Å². The maximum atomic E-state index is 9.32. The van der Waals surface area contributed by atoms with Gasteiger partial charge in [0.1, 0.15) is 5.75 Å². The monoisotopic (exact) mass is 331 g/mol. The van der Waals surface area contributed by atoms with Gasteiger partial charge >= 0.3 is 0 Å². The van der Waals surface area contributed by atoms with Gasteiger partial charge in [-0.15, -0.1) is 17.0 Å². The molecule has 0 amide bonds. The molecule has 0 saturated carbocycles. The lowest BCUT2D eigenvalue weighted by Gasteiger charge is -2.04. The summed E-state index contributed by atoms with van der Waals surface area (Å²) >= 11 is 3.41. The Morgan fingerprint density at radius 3 is 2.73 bits per heavy atom. The van der Waals surface area contributed by atoms with E-state index in [2.05, 4.69) is 20.9 Å². The smallest absolute Gasteiger partial charge is 0.116 e. The highest BCUT2D eigenvalue weighted by molar-refractivity contribution is 9.08. The van der Waals surface area contributed by atoms with E-state index in [4.69, 9.17) is 0 Å². The van der Waals surface area contributed by atoms with Crippen LogP contribution in [0.5, 0.6) is 5.75 Å². The van der Waals surface area contributed by atoms with Gasteiger partial charge in [-0.2, -0.15) is 0 Å². The third kappa shape index (κ3) is 2.49. The predicted octanol–water partition coefficient (Wildman–Crippen LogP) is 3.72. The van der Waals surface area contributed by atoms with E-state index in [0.717, 1.165) is 27.5 Å². The van der Waals surface area contributed by atoms with Gasteiger partial charge in [-0.25, -0.2) is 0 Å². The highest BCUT2D eigenvalue weighted by Gasteiger charge is 2.02. The molecule has 2 rings (SSSR count). The zero-order valence-electron chi connectivity index (χ0n) is 8.20. The number of hydrogen-bond donors (Lipinski definition) is 1. The molecular weight excluding hydrogens is 322 g/mol. The summed E-state index contributed by atoms with van der Waals surface area (Å²) in [4.78, 5) is 4.45. The van der Waals surface area contributed by atoms with Gasteiger partial charge in [-0.3, -0.25) is 4.98 Å². The molecule has 0 aliphatic carbocycles.